The Labute approximate surface area is 268 Å². The molecule has 1 aromatic heterocycles. The number of hydrogen-bond acceptors (Lipinski definition) is 7. The zero-order chi connectivity index (χ0) is 33.1. The number of aromatic nitrogens is 1. The molecule has 0 unspecified atom stereocenters. The number of sulfonamides is 1. The molecular formula is C34H38FN5O5S. The third-order valence-electron chi connectivity index (χ3n) is 7.28. The Morgan fingerprint density at radius 2 is 1.50 bits per heavy atom. The van der Waals surface area contributed by atoms with Gasteiger partial charge in [-0.15, -0.1) is 0 Å². The van der Waals surface area contributed by atoms with Crippen LogP contribution in [0.5, 0.6) is 0 Å². The van der Waals surface area contributed by atoms with Gasteiger partial charge in [0.2, 0.25) is 10.0 Å². The molecule has 0 saturated carbocycles. The van der Waals surface area contributed by atoms with Crippen molar-refractivity contribution >= 4 is 27.5 Å². The second-order valence-electron chi connectivity index (χ2n) is 10.9. The molecule has 0 radical (unpaired) electrons. The minimum atomic E-state index is -3.73. The van der Waals surface area contributed by atoms with Crippen LogP contribution in [-0.2, 0) is 23.0 Å². The number of amides is 2. The zero-order valence-corrected chi connectivity index (χ0v) is 26.4. The highest BCUT2D eigenvalue weighted by atomic mass is 32.2. The normalized spacial score (nSPS) is 13.3. The van der Waals surface area contributed by atoms with Gasteiger partial charge < -0.3 is 21.1 Å². The first-order valence-corrected chi connectivity index (χ1v) is 16.5. The number of carbonyl (C=O) groups excluding carboxylic acids is 2. The summed E-state index contributed by atoms with van der Waals surface area (Å²) in [6.45, 7) is 3.60. The smallest absolute Gasteiger partial charge is 0.251 e. The average molecular weight is 648 g/mol. The van der Waals surface area contributed by atoms with Crippen LogP contribution in [0.1, 0.15) is 57.3 Å². The third-order valence-corrected chi connectivity index (χ3v) is 8.59. The van der Waals surface area contributed by atoms with E-state index in [4.69, 9.17) is 0 Å². The molecule has 0 saturated heterocycles. The number of anilines is 1. The molecule has 242 valence electrons. The van der Waals surface area contributed by atoms with Crippen LogP contribution in [0.4, 0.5) is 10.1 Å². The molecule has 0 aliphatic rings. The summed E-state index contributed by atoms with van der Waals surface area (Å²) in [4.78, 5) is 30.8. The van der Waals surface area contributed by atoms with Crippen LogP contribution in [0.15, 0.2) is 97.3 Å². The Kier molecular flexibility index (Phi) is 12.0. The van der Waals surface area contributed by atoms with E-state index in [-0.39, 0.29) is 48.1 Å². The van der Waals surface area contributed by atoms with E-state index in [2.05, 4.69) is 25.7 Å². The molecule has 0 aliphatic carbocycles. The minimum absolute atomic E-state index is 0.0258. The van der Waals surface area contributed by atoms with Crippen LogP contribution in [0.25, 0.3) is 0 Å². The van der Waals surface area contributed by atoms with E-state index in [0.717, 1.165) is 17.3 Å². The van der Waals surface area contributed by atoms with Crippen LogP contribution in [0, 0.1) is 5.82 Å². The molecule has 4 aromatic rings. The molecule has 12 heteroatoms. The van der Waals surface area contributed by atoms with Crippen LogP contribution in [-0.4, -0.2) is 54.8 Å². The van der Waals surface area contributed by atoms with E-state index < -0.39 is 39.8 Å². The van der Waals surface area contributed by atoms with Gasteiger partial charge in [-0.2, -0.15) is 0 Å². The third kappa shape index (κ3) is 10.2. The molecule has 3 atom stereocenters. The number of halogens is 1. The molecule has 10 nitrogen and oxygen atoms in total. The molecule has 0 spiro atoms. The summed E-state index contributed by atoms with van der Waals surface area (Å²) in [6, 6.07) is 22.9. The largest absolute Gasteiger partial charge is 0.390 e. The highest BCUT2D eigenvalue weighted by molar-refractivity contribution is 7.92. The van der Waals surface area contributed by atoms with Crippen LogP contribution < -0.4 is 20.7 Å². The molecule has 2 amide bonds. The van der Waals surface area contributed by atoms with Crippen molar-refractivity contribution in [3.63, 3.8) is 0 Å². The first-order valence-electron chi connectivity index (χ1n) is 14.9. The number of nitrogens with one attached hydrogen (secondary N) is 4. The monoisotopic (exact) mass is 647 g/mol. The number of nitrogens with zero attached hydrogens (tertiary/aromatic N) is 1. The Hall–Kier alpha value is -4.65. The molecule has 3 aromatic carbocycles. The summed E-state index contributed by atoms with van der Waals surface area (Å²) >= 11 is 0. The Morgan fingerprint density at radius 3 is 2.13 bits per heavy atom. The maximum absolute atomic E-state index is 13.7. The van der Waals surface area contributed by atoms with Gasteiger partial charge in [0, 0.05) is 30.4 Å². The summed E-state index contributed by atoms with van der Waals surface area (Å²) < 4.78 is 40.8. The van der Waals surface area contributed by atoms with Gasteiger partial charge in [-0.25, -0.2) is 12.8 Å². The van der Waals surface area contributed by atoms with Gasteiger partial charge in [0.25, 0.3) is 11.8 Å². The number of hydrogen-bond donors (Lipinski definition) is 5. The molecule has 5 N–H and O–H groups in total. The van der Waals surface area contributed by atoms with Crippen molar-refractivity contribution in [2.75, 3.05) is 17.0 Å². The SMILES string of the molecule is CCS(=O)(=O)Nc1cc(C(=O)N[C@@H](Cc2ccccc2)[C@H](O)CNCc2cncc(F)c2)cc(C(=O)N[C@H](C)c2ccccc2)c1. The van der Waals surface area contributed by atoms with Crippen LogP contribution >= 0.6 is 0 Å². The quantitative estimate of drug-likeness (QED) is 0.131. The van der Waals surface area contributed by atoms with Gasteiger partial charge in [0.1, 0.15) is 5.82 Å². The van der Waals surface area contributed by atoms with E-state index in [1.807, 2.05) is 67.6 Å². The Morgan fingerprint density at radius 1 is 0.870 bits per heavy atom. The first kappa shape index (κ1) is 34.2. The van der Waals surface area contributed by atoms with E-state index >= 15 is 0 Å². The fraction of sp³-hybridized carbons (Fsp3) is 0.265. The average Bonchev–Trinajstić information content (AvgIpc) is 3.05. The lowest BCUT2D eigenvalue weighted by Crippen LogP contribution is -2.48. The molecular weight excluding hydrogens is 609 g/mol. The summed E-state index contributed by atoms with van der Waals surface area (Å²) in [7, 11) is -3.73. The number of rotatable bonds is 15. The van der Waals surface area contributed by atoms with Gasteiger partial charge >= 0.3 is 0 Å². The maximum atomic E-state index is 13.7. The van der Waals surface area contributed by atoms with Crippen LogP contribution in [0.2, 0.25) is 0 Å². The van der Waals surface area contributed by atoms with Crippen molar-refractivity contribution in [2.24, 2.45) is 0 Å². The number of carbonyl (C=O) groups is 2. The number of benzene rings is 3. The molecule has 0 aliphatic heterocycles. The minimum Gasteiger partial charge on any atom is -0.390 e. The molecule has 1 heterocycles. The fourth-order valence-corrected chi connectivity index (χ4v) is 5.39. The fourth-order valence-electron chi connectivity index (χ4n) is 4.77. The molecule has 46 heavy (non-hydrogen) atoms. The predicted molar refractivity (Wildman–Crippen MR) is 175 cm³/mol. The summed E-state index contributed by atoms with van der Waals surface area (Å²) in [5.41, 5.74) is 2.48. The summed E-state index contributed by atoms with van der Waals surface area (Å²) in [5, 5.41) is 20.0. The van der Waals surface area contributed by atoms with Crippen molar-refractivity contribution < 1.29 is 27.5 Å². The van der Waals surface area contributed by atoms with E-state index in [9.17, 15) is 27.5 Å². The van der Waals surface area contributed by atoms with Crippen LogP contribution in [0.3, 0.4) is 0 Å². The lowest BCUT2D eigenvalue weighted by Gasteiger charge is -2.25. The van der Waals surface area contributed by atoms with Gasteiger partial charge in [-0.05, 0) is 61.2 Å². The molecule has 0 bridgehead atoms. The van der Waals surface area contributed by atoms with Crippen molar-refractivity contribution in [1.29, 1.82) is 0 Å². The van der Waals surface area contributed by atoms with Crippen molar-refractivity contribution in [1.82, 2.24) is 20.9 Å². The van der Waals surface area contributed by atoms with Crippen molar-refractivity contribution in [3.05, 3.63) is 131 Å². The highest BCUT2D eigenvalue weighted by Gasteiger charge is 2.24. The standard InChI is InChI=1S/C34H38FN5O5S/c1-3-46(44,45)40-30-17-27(33(42)38-23(2)26-12-8-5-9-13-26)16-28(18-30)34(43)39-31(15-24-10-6-4-7-11-24)32(41)22-37-20-25-14-29(35)21-36-19-25/h4-14,16-19,21,23,31-32,37,40-41H,3,15,20,22H2,1-2H3,(H,38,42)(H,39,43)/t23-,31+,32-/m1/s1. The molecule has 4 rings (SSSR count). The number of aliphatic hydroxyl groups is 1. The van der Waals surface area contributed by atoms with Crippen molar-refractivity contribution in [3.8, 4) is 0 Å². The predicted octanol–water partition coefficient (Wildman–Crippen LogP) is 3.97. The highest BCUT2D eigenvalue weighted by Crippen LogP contribution is 2.20. The van der Waals surface area contributed by atoms with Gasteiger partial charge in [0.05, 0.1) is 35.8 Å². The van der Waals surface area contributed by atoms with Gasteiger partial charge in [0.15, 0.2) is 0 Å². The number of aliphatic hydroxyl groups excluding tert-OH is 1. The van der Waals surface area contributed by atoms with Gasteiger partial charge in [-0.1, -0.05) is 60.7 Å². The van der Waals surface area contributed by atoms with E-state index in [1.54, 1.807) is 0 Å². The number of pyridine rings is 1. The summed E-state index contributed by atoms with van der Waals surface area (Å²) in [5.74, 6) is -1.79. The van der Waals surface area contributed by atoms with E-state index in [0.29, 0.717) is 5.56 Å². The topological polar surface area (TPSA) is 150 Å². The second-order valence-corrected chi connectivity index (χ2v) is 12.9. The lowest BCUT2D eigenvalue weighted by molar-refractivity contribution is 0.0830. The van der Waals surface area contributed by atoms with Gasteiger partial charge in [-0.3, -0.25) is 19.3 Å². The zero-order valence-electron chi connectivity index (χ0n) is 25.6. The maximum Gasteiger partial charge on any atom is 0.251 e. The van der Waals surface area contributed by atoms with E-state index in [1.165, 1.54) is 37.4 Å². The Balaban J connectivity index is 1.56. The van der Waals surface area contributed by atoms with Crippen molar-refractivity contribution in [2.45, 2.75) is 45.0 Å². The Bertz CT molecular complexity index is 1720. The first-order chi connectivity index (χ1) is 22.0. The second kappa shape index (κ2) is 16.1. The lowest BCUT2D eigenvalue weighted by atomic mass is 10.00. The summed E-state index contributed by atoms with van der Waals surface area (Å²) in [6.07, 6.45) is 1.83. The molecule has 0 fully saturated rings.